The number of nitrogens with zero attached hydrogens (tertiary/aromatic N) is 2. The molecule has 3 aromatic rings. The van der Waals surface area contributed by atoms with E-state index in [1.54, 1.807) is 6.07 Å². The summed E-state index contributed by atoms with van der Waals surface area (Å²) in [6.45, 7) is 4.16. The lowest BCUT2D eigenvalue weighted by molar-refractivity contribution is 0.0722. The summed E-state index contributed by atoms with van der Waals surface area (Å²) >= 11 is 0. The first-order valence-corrected chi connectivity index (χ1v) is 9.52. The topological polar surface area (TPSA) is 52.1 Å². The van der Waals surface area contributed by atoms with Crippen LogP contribution in [0.3, 0.4) is 0 Å². The number of carbonyl (C=O) groups is 1. The average Bonchev–Trinajstić information content (AvgIpc) is 2.70. The highest BCUT2D eigenvalue weighted by molar-refractivity contribution is 5.91. The van der Waals surface area contributed by atoms with Gasteiger partial charge in [0.2, 0.25) is 5.88 Å². The van der Waals surface area contributed by atoms with E-state index in [1.165, 1.54) is 30.1 Å². The fourth-order valence-corrected chi connectivity index (χ4v) is 2.97. The second-order valence-corrected chi connectivity index (χ2v) is 6.64. The minimum atomic E-state index is -0.786. The van der Waals surface area contributed by atoms with Gasteiger partial charge in [0.25, 0.3) is 0 Å². The lowest BCUT2D eigenvalue weighted by Gasteiger charge is -2.07. The van der Waals surface area contributed by atoms with Crippen molar-refractivity contribution in [3.05, 3.63) is 77.4 Å². The summed E-state index contributed by atoms with van der Waals surface area (Å²) in [5, 5.41) is 0. The number of aryl methyl sites for hydroxylation is 2. The third-order valence-electron chi connectivity index (χ3n) is 4.41. The molecule has 0 saturated carbocycles. The Bertz CT molecular complexity index is 938. The largest absolute Gasteiger partial charge is 0.402 e. The number of aromatic nitrogens is 2. The van der Waals surface area contributed by atoms with Gasteiger partial charge in [-0.2, -0.15) is 0 Å². The van der Waals surface area contributed by atoms with Crippen LogP contribution < -0.4 is 4.74 Å². The normalized spacial score (nSPS) is 10.7. The number of carbonyl (C=O) groups excluding carboxylic acids is 1. The van der Waals surface area contributed by atoms with E-state index < -0.39 is 11.8 Å². The molecule has 2 aromatic carbocycles. The van der Waals surface area contributed by atoms with Crippen molar-refractivity contribution >= 4 is 5.97 Å². The van der Waals surface area contributed by atoms with Gasteiger partial charge in [-0.15, -0.1) is 0 Å². The highest BCUT2D eigenvalue weighted by Crippen LogP contribution is 2.20. The summed E-state index contributed by atoms with van der Waals surface area (Å²) in [7, 11) is 0. The summed E-state index contributed by atoms with van der Waals surface area (Å²) in [5.74, 6) is -1.34. The summed E-state index contributed by atoms with van der Waals surface area (Å²) in [6.07, 6.45) is 6.72. The first-order valence-electron chi connectivity index (χ1n) is 9.52. The van der Waals surface area contributed by atoms with Crippen LogP contribution in [0.4, 0.5) is 4.39 Å². The number of rotatable bonds is 7. The van der Waals surface area contributed by atoms with E-state index in [-0.39, 0.29) is 11.4 Å². The van der Waals surface area contributed by atoms with Crippen LogP contribution >= 0.6 is 0 Å². The van der Waals surface area contributed by atoms with Gasteiger partial charge in [0.05, 0.1) is 23.7 Å². The summed E-state index contributed by atoms with van der Waals surface area (Å²) < 4.78 is 19.3. The molecule has 0 radical (unpaired) electrons. The van der Waals surface area contributed by atoms with Crippen molar-refractivity contribution in [1.29, 1.82) is 0 Å². The molecule has 28 heavy (non-hydrogen) atoms. The quantitative estimate of drug-likeness (QED) is 0.516. The minimum Gasteiger partial charge on any atom is -0.402 e. The lowest BCUT2D eigenvalue weighted by atomic mass is 10.1. The Balaban J connectivity index is 1.69. The maximum absolute atomic E-state index is 14.2. The zero-order chi connectivity index (χ0) is 19.9. The molecule has 0 aliphatic rings. The molecular weight excluding hydrogens is 355 g/mol. The van der Waals surface area contributed by atoms with Crippen LogP contribution in [0.25, 0.3) is 11.3 Å². The Morgan fingerprint density at radius 3 is 2.21 bits per heavy atom. The van der Waals surface area contributed by atoms with E-state index in [0.29, 0.717) is 5.69 Å². The number of hydrogen-bond acceptors (Lipinski definition) is 4. The van der Waals surface area contributed by atoms with Gasteiger partial charge in [-0.05, 0) is 36.1 Å². The van der Waals surface area contributed by atoms with Crippen LogP contribution in [0.1, 0.15) is 48.2 Å². The molecule has 0 N–H and O–H groups in total. The molecule has 0 bridgehead atoms. The Hall–Kier alpha value is -3.08. The van der Waals surface area contributed by atoms with Crippen molar-refractivity contribution in [2.45, 2.75) is 39.5 Å². The first kappa shape index (κ1) is 19.7. The van der Waals surface area contributed by atoms with Gasteiger partial charge in [0, 0.05) is 5.56 Å². The minimum absolute atomic E-state index is 0.0355. The molecule has 0 unspecified atom stereocenters. The maximum Gasteiger partial charge on any atom is 0.347 e. The SMILES string of the molecule is CCCc1ccc(-c2cnc(OC(=O)c3ccc(CCC)cc3F)cn2)cc1. The fourth-order valence-electron chi connectivity index (χ4n) is 2.97. The molecule has 1 aromatic heterocycles. The predicted molar refractivity (Wildman–Crippen MR) is 107 cm³/mol. The molecule has 3 rings (SSSR count). The van der Waals surface area contributed by atoms with Crippen LogP contribution in [0.5, 0.6) is 5.88 Å². The number of ether oxygens (including phenoxy) is 1. The Labute approximate surface area is 164 Å². The summed E-state index contributed by atoms with van der Waals surface area (Å²) in [6, 6.07) is 12.7. The van der Waals surface area contributed by atoms with Gasteiger partial charge < -0.3 is 4.74 Å². The molecule has 0 aliphatic carbocycles. The van der Waals surface area contributed by atoms with Gasteiger partial charge in [0.1, 0.15) is 5.82 Å². The average molecular weight is 378 g/mol. The van der Waals surface area contributed by atoms with Crippen LogP contribution in [0.15, 0.2) is 54.9 Å². The van der Waals surface area contributed by atoms with E-state index in [9.17, 15) is 9.18 Å². The standard InChI is InChI=1S/C23H23FN2O2/c1-3-5-16-7-10-18(11-8-16)21-14-26-22(15-25-21)28-23(27)19-12-9-17(6-4-2)13-20(19)24/h7-15H,3-6H2,1-2H3. The monoisotopic (exact) mass is 378 g/mol. The highest BCUT2D eigenvalue weighted by atomic mass is 19.1. The molecule has 4 nitrogen and oxygen atoms in total. The van der Waals surface area contributed by atoms with Gasteiger partial charge in [0.15, 0.2) is 0 Å². The summed E-state index contributed by atoms with van der Waals surface area (Å²) in [5.41, 5.74) is 3.63. The molecule has 1 heterocycles. The Morgan fingerprint density at radius 1 is 0.929 bits per heavy atom. The Kier molecular flexibility index (Phi) is 6.48. The van der Waals surface area contributed by atoms with Crippen molar-refractivity contribution in [1.82, 2.24) is 9.97 Å². The molecule has 0 aliphatic heterocycles. The molecule has 0 amide bonds. The van der Waals surface area contributed by atoms with E-state index in [1.807, 2.05) is 19.1 Å². The van der Waals surface area contributed by atoms with Crippen LogP contribution in [0.2, 0.25) is 0 Å². The molecule has 0 spiro atoms. The fraction of sp³-hybridized carbons (Fsp3) is 0.261. The molecule has 0 fully saturated rings. The van der Waals surface area contributed by atoms with Crippen molar-refractivity contribution in [2.24, 2.45) is 0 Å². The highest BCUT2D eigenvalue weighted by Gasteiger charge is 2.15. The van der Waals surface area contributed by atoms with Crippen LogP contribution in [-0.2, 0) is 12.8 Å². The molecule has 144 valence electrons. The molecule has 0 saturated heterocycles. The van der Waals surface area contributed by atoms with Gasteiger partial charge in [-0.1, -0.05) is 57.0 Å². The lowest BCUT2D eigenvalue weighted by Crippen LogP contribution is -2.12. The van der Waals surface area contributed by atoms with E-state index in [4.69, 9.17) is 4.74 Å². The van der Waals surface area contributed by atoms with Crippen molar-refractivity contribution in [3.8, 4) is 17.1 Å². The second-order valence-electron chi connectivity index (χ2n) is 6.64. The second kappa shape index (κ2) is 9.22. The maximum atomic E-state index is 14.2. The zero-order valence-electron chi connectivity index (χ0n) is 16.1. The van der Waals surface area contributed by atoms with Crippen molar-refractivity contribution in [2.75, 3.05) is 0 Å². The first-order chi connectivity index (χ1) is 13.6. The number of benzene rings is 2. The predicted octanol–water partition coefficient (Wildman–Crippen LogP) is 5.41. The van der Waals surface area contributed by atoms with Crippen LogP contribution in [0, 0.1) is 5.82 Å². The number of halogens is 1. The molecule has 5 heteroatoms. The van der Waals surface area contributed by atoms with E-state index in [2.05, 4.69) is 29.0 Å². The number of esters is 1. The smallest absolute Gasteiger partial charge is 0.347 e. The third kappa shape index (κ3) is 4.80. The molecular formula is C23H23FN2O2. The van der Waals surface area contributed by atoms with Gasteiger partial charge >= 0.3 is 5.97 Å². The third-order valence-corrected chi connectivity index (χ3v) is 4.41. The van der Waals surface area contributed by atoms with Gasteiger partial charge in [-0.3, -0.25) is 0 Å². The number of hydrogen-bond donors (Lipinski definition) is 0. The van der Waals surface area contributed by atoms with Gasteiger partial charge in [-0.25, -0.2) is 19.2 Å². The Morgan fingerprint density at radius 2 is 1.61 bits per heavy atom. The van der Waals surface area contributed by atoms with E-state index in [0.717, 1.165) is 36.8 Å². The van der Waals surface area contributed by atoms with Crippen LogP contribution in [-0.4, -0.2) is 15.9 Å². The molecule has 0 atom stereocenters. The van der Waals surface area contributed by atoms with Crippen molar-refractivity contribution < 1.29 is 13.9 Å². The van der Waals surface area contributed by atoms with Crippen molar-refractivity contribution in [3.63, 3.8) is 0 Å². The summed E-state index contributed by atoms with van der Waals surface area (Å²) in [4.78, 5) is 20.7. The van der Waals surface area contributed by atoms with E-state index >= 15 is 0 Å². The zero-order valence-corrected chi connectivity index (χ0v) is 16.1.